The number of likely N-dealkylation sites (tertiary alicyclic amines) is 1. The summed E-state index contributed by atoms with van der Waals surface area (Å²) in [4.78, 5) is 17.7. The first-order chi connectivity index (χ1) is 9.86. The molecule has 1 aliphatic rings. The lowest BCUT2D eigenvalue weighted by Gasteiger charge is -2.20. The maximum atomic E-state index is 12.0. The van der Waals surface area contributed by atoms with Gasteiger partial charge < -0.3 is 9.64 Å². The zero-order chi connectivity index (χ0) is 15.5. The quantitative estimate of drug-likeness (QED) is 0.761. The summed E-state index contributed by atoms with van der Waals surface area (Å²) >= 11 is 0. The zero-order valence-corrected chi connectivity index (χ0v) is 12.9. The second-order valence-electron chi connectivity index (χ2n) is 5.06. The minimum atomic E-state index is -3.34. The zero-order valence-electron chi connectivity index (χ0n) is 12.1. The van der Waals surface area contributed by atoms with E-state index in [1.165, 1.54) is 7.05 Å². The highest BCUT2D eigenvalue weighted by Gasteiger charge is 2.29. The van der Waals surface area contributed by atoms with E-state index in [-0.39, 0.29) is 18.6 Å². The summed E-state index contributed by atoms with van der Waals surface area (Å²) in [6.45, 7) is 0.871. The molecule has 0 saturated carbocycles. The molecule has 2 rings (SSSR count). The Kier molecular flexibility index (Phi) is 4.79. The predicted octanol–water partition coefficient (Wildman–Crippen LogP) is -0.0473. The van der Waals surface area contributed by atoms with Crippen molar-refractivity contribution in [2.45, 2.75) is 12.5 Å². The molecule has 1 aliphatic heterocycles. The fourth-order valence-electron chi connectivity index (χ4n) is 2.05. The van der Waals surface area contributed by atoms with E-state index >= 15 is 0 Å². The Morgan fingerprint density at radius 2 is 2.29 bits per heavy atom. The Balaban J connectivity index is 1.86. The number of pyridine rings is 1. The molecule has 1 unspecified atom stereocenters. The molecular formula is C13H19N3O4S. The van der Waals surface area contributed by atoms with E-state index in [1.54, 1.807) is 23.2 Å². The van der Waals surface area contributed by atoms with Crippen molar-refractivity contribution in [3.63, 3.8) is 0 Å². The molecule has 1 aromatic rings. The molecule has 116 valence electrons. The molecule has 0 aromatic carbocycles. The van der Waals surface area contributed by atoms with Crippen molar-refractivity contribution in [1.29, 1.82) is 0 Å². The van der Waals surface area contributed by atoms with Crippen LogP contribution in [0.3, 0.4) is 0 Å². The second kappa shape index (κ2) is 6.40. The van der Waals surface area contributed by atoms with Crippen LogP contribution in [0, 0.1) is 0 Å². The molecule has 0 aliphatic carbocycles. The van der Waals surface area contributed by atoms with Gasteiger partial charge in [-0.1, -0.05) is 6.07 Å². The van der Waals surface area contributed by atoms with Gasteiger partial charge in [-0.25, -0.2) is 13.4 Å². The van der Waals surface area contributed by atoms with Crippen LogP contribution in [-0.4, -0.2) is 67.6 Å². The molecule has 7 nitrogen and oxygen atoms in total. The summed E-state index contributed by atoms with van der Waals surface area (Å²) in [5.74, 6) is 0.320. The van der Waals surface area contributed by atoms with Crippen molar-refractivity contribution < 1.29 is 17.9 Å². The summed E-state index contributed by atoms with van der Waals surface area (Å²) < 4.78 is 29.4. The van der Waals surface area contributed by atoms with E-state index < -0.39 is 10.0 Å². The Hall–Kier alpha value is -1.67. The van der Waals surface area contributed by atoms with Crippen molar-refractivity contribution in [1.82, 2.24) is 14.2 Å². The van der Waals surface area contributed by atoms with Crippen LogP contribution in [0.5, 0.6) is 5.88 Å². The highest BCUT2D eigenvalue weighted by atomic mass is 32.2. The van der Waals surface area contributed by atoms with Gasteiger partial charge in [0.25, 0.3) is 0 Å². The Morgan fingerprint density at radius 1 is 1.52 bits per heavy atom. The number of aromatic nitrogens is 1. The fraction of sp³-hybridized carbons (Fsp3) is 0.538. The van der Waals surface area contributed by atoms with Gasteiger partial charge in [0.05, 0.1) is 19.3 Å². The van der Waals surface area contributed by atoms with E-state index in [9.17, 15) is 13.2 Å². The SMILES string of the molecule is CN(CC(=O)N1CCC(Oc2ccccn2)C1)S(C)(=O)=O. The van der Waals surface area contributed by atoms with Crippen molar-refractivity contribution in [2.24, 2.45) is 0 Å². The number of hydrogen-bond acceptors (Lipinski definition) is 5. The summed E-state index contributed by atoms with van der Waals surface area (Å²) in [5, 5.41) is 0. The largest absolute Gasteiger partial charge is 0.472 e. The number of amides is 1. The van der Waals surface area contributed by atoms with Gasteiger partial charge >= 0.3 is 0 Å². The summed E-state index contributed by atoms with van der Waals surface area (Å²) in [6.07, 6.45) is 3.34. The molecule has 1 amide bonds. The smallest absolute Gasteiger partial charge is 0.238 e. The van der Waals surface area contributed by atoms with Crippen LogP contribution >= 0.6 is 0 Å². The highest BCUT2D eigenvalue weighted by molar-refractivity contribution is 7.88. The van der Waals surface area contributed by atoms with Crippen molar-refractivity contribution in [3.8, 4) is 5.88 Å². The molecule has 21 heavy (non-hydrogen) atoms. The molecule has 2 heterocycles. The lowest BCUT2D eigenvalue weighted by atomic mass is 10.3. The molecule has 1 saturated heterocycles. The van der Waals surface area contributed by atoms with E-state index in [0.29, 0.717) is 25.4 Å². The van der Waals surface area contributed by atoms with Gasteiger partial charge in [-0.15, -0.1) is 0 Å². The third-order valence-electron chi connectivity index (χ3n) is 3.35. The topological polar surface area (TPSA) is 79.8 Å². The standard InChI is InChI=1S/C13H19N3O4S/c1-15(21(2,18)19)10-13(17)16-8-6-11(9-16)20-12-5-3-4-7-14-12/h3-5,7,11H,6,8-10H2,1-2H3. The van der Waals surface area contributed by atoms with Gasteiger partial charge in [-0.2, -0.15) is 4.31 Å². The summed E-state index contributed by atoms with van der Waals surface area (Å²) in [6, 6.07) is 5.40. The third kappa shape index (κ3) is 4.40. The summed E-state index contributed by atoms with van der Waals surface area (Å²) in [7, 11) is -1.95. The Bertz CT molecular complexity index is 591. The first-order valence-electron chi connectivity index (χ1n) is 6.63. The minimum Gasteiger partial charge on any atom is -0.472 e. The maximum absolute atomic E-state index is 12.0. The van der Waals surface area contributed by atoms with Crippen LogP contribution in [0.15, 0.2) is 24.4 Å². The number of sulfonamides is 1. The van der Waals surface area contributed by atoms with Crippen molar-refractivity contribution in [3.05, 3.63) is 24.4 Å². The molecule has 0 radical (unpaired) electrons. The lowest BCUT2D eigenvalue weighted by molar-refractivity contribution is -0.130. The third-order valence-corrected chi connectivity index (χ3v) is 4.61. The van der Waals surface area contributed by atoms with E-state index in [4.69, 9.17) is 4.74 Å². The molecule has 1 aromatic heterocycles. The minimum absolute atomic E-state index is 0.104. The second-order valence-corrected chi connectivity index (χ2v) is 7.14. The predicted molar refractivity (Wildman–Crippen MR) is 77.3 cm³/mol. The van der Waals surface area contributed by atoms with Crippen LogP contribution in [0.2, 0.25) is 0 Å². The van der Waals surface area contributed by atoms with Crippen molar-refractivity contribution in [2.75, 3.05) is 32.9 Å². The highest BCUT2D eigenvalue weighted by Crippen LogP contribution is 2.16. The van der Waals surface area contributed by atoms with Crippen LogP contribution < -0.4 is 4.74 Å². The van der Waals surface area contributed by atoms with Gasteiger partial charge in [-0.3, -0.25) is 4.79 Å². The molecule has 0 spiro atoms. The monoisotopic (exact) mass is 313 g/mol. The number of carbonyl (C=O) groups is 1. The van der Waals surface area contributed by atoms with Crippen LogP contribution in [0.1, 0.15) is 6.42 Å². The molecule has 0 bridgehead atoms. The molecule has 1 fully saturated rings. The number of likely N-dealkylation sites (N-methyl/N-ethyl adjacent to an activating group) is 1. The number of ether oxygens (including phenoxy) is 1. The van der Waals surface area contributed by atoms with Gasteiger partial charge in [0.2, 0.25) is 21.8 Å². The number of rotatable bonds is 5. The van der Waals surface area contributed by atoms with Crippen molar-refractivity contribution >= 4 is 15.9 Å². The summed E-state index contributed by atoms with van der Waals surface area (Å²) in [5.41, 5.74) is 0. The molecular weight excluding hydrogens is 294 g/mol. The first kappa shape index (κ1) is 15.7. The van der Waals surface area contributed by atoms with E-state index in [2.05, 4.69) is 4.98 Å². The van der Waals surface area contributed by atoms with Gasteiger partial charge in [0, 0.05) is 32.3 Å². The fourth-order valence-corrected chi connectivity index (χ4v) is 2.39. The molecule has 1 atom stereocenters. The first-order valence-corrected chi connectivity index (χ1v) is 8.48. The average molecular weight is 313 g/mol. The average Bonchev–Trinajstić information content (AvgIpc) is 2.87. The Labute approximate surface area is 124 Å². The number of hydrogen-bond donors (Lipinski definition) is 0. The van der Waals surface area contributed by atoms with Gasteiger partial charge in [0.1, 0.15) is 6.10 Å². The molecule has 0 N–H and O–H groups in total. The van der Waals surface area contributed by atoms with Crippen LogP contribution in [0.4, 0.5) is 0 Å². The number of carbonyl (C=O) groups excluding carboxylic acids is 1. The maximum Gasteiger partial charge on any atom is 0.238 e. The lowest BCUT2D eigenvalue weighted by Crippen LogP contribution is -2.40. The van der Waals surface area contributed by atoms with Gasteiger partial charge in [0.15, 0.2) is 0 Å². The van der Waals surface area contributed by atoms with Gasteiger partial charge in [-0.05, 0) is 6.07 Å². The normalized spacial score (nSPS) is 19.0. The van der Waals surface area contributed by atoms with E-state index in [1.807, 2.05) is 6.07 Å². The van der Waals surface area contributed by atoms with Crippen LogP contribution in [-0.2, 0) is 14.8 Å². The number of nitrogens with zero attached hydrogens (tertiary/aromatic N) is 3. The van der Waals surface area contributed by atoms with Crippen LogP contribution in [0.25, 0.3) is 0 Å². The van der Waals surface area contributed by atoms with E-state index in [0.717, 1.165) is 10.6 Å². The molecule has 8 heteroatoms. The Morgan fingerprint density at radius 3 is 2.90 bits per heavy atom.